The van der Waals surface area contributed by atoms with Crippen LogP contribution in [0.25, 0.3) is 11.3 Å². The first kappa shape index (κ1) is 20.4. The van der Waals surface area contributed by atoms with E-state index in [1.807, 2.05) is 30.3 Å². The largest absolute Gasteiger partial charge is 0.459 e. The van der Waals surface area contributed by atoms with Gasteiger partial charge < -0.3 is 14.6 Å². The van der Waals surface area contributed by atoms with Gasteiger partial charge in [0.15, 0.2) is 5.11 Å². The Morgan fingerprint density at radius 1 is 0.969 bits per heavy atom. The summed E-state index contributed by atoms with van der Waals surface area (Å²) in [5, 5.41) is 4.06. The molecule has 32 heavy (non-hydrogen) atoms. The number of benzene rings is 2. The van der Waals surface area contributed by atoms with Crippen LogP contribution in [-0.2, 0) is 0 Å². The van der Waals surface area contributed by atoms with Crippen LogP contribution in [0.3, 0.4) is 0 Å². The van der Waals surface area contributed by atoms with Crippen molar-refractivity contribution < 1.29 is 8.81 Å². The predicted molar refractivity (Wildman–Crippen MR) is 128 cm³/mol. The van der Waals surface area contributed by atoms with E-state index in [1.165, 1.54) is 23.3 Å². The molecule has 4 nitrogen and oxygen atoms in total. The van der Waals surface area contributed by atoms with Gasteiger partial charge in [0.1, 0.15) is 23.4 Å². The van der Waals surface area contributed by atoms with Crippen LogP contribution < -0.4 is 10.2 Å². The van der Waals surface area contributed by atoms with Gasteiger partial charge in [-0.05, 0) is 97.9 Å². The Bertz CT molecular complexity index is 1270. The van der Waals surface area contributed by atoms with Gasteiger partial charge in [-0.15, -0.1) is 0 Å². The number of nitrogens with one attached hydrogen (secondary N) is 1. The summed E-state index contributed by atoms with van der Waals surface area (Å²) in [4.78, 5) is 6.66. The molecule has 0 saturated carbocycles. The SMILES string of the molecule is Cc1ccc(N2C(=S)N[C@@H](c3ccccn3)[C@@H]2c2ccc(-c3ccc(F)cc3)o2)cc1C. The van der Waals surface area contributed by atoms with Crippen molar-refractivity contribution in [1.82, 2.24) is 10.3 Å². The molecule has 0 amide bonds. The van der Waals surface area contributed by atoms with Crippen LogP contribution in [0.5, 0.6) is 0 Å². The summed E-state index contributed by atoms with van der Waals surface area (Å²) in [7, 11) is 0. The summed E-state index contributed by atoms with van der Waals surface area (Å²) >= 11 is 5.77. The number of hydrogen-bond acceptors (Lipinski definition) is 3. The van der Waals surface area contributed by atoms with Crippen LogP contribution in [0.4, 0.5) is 10.1 Å². The van der Waals surface area contributed by atoms with Gasteiger partial charge in [0.2, 0.25) is 0 Å². The van der Waals surface area contributed by atoms with Crippen LogP contribution in [0.1, 0.15) is 34.7 Å². The van der Waals surface area contributed by atoms with Gasteiger partial charge in [0, 0.05) is 17.4 Å². The van der Waals surface area contributed by atoms with Crippen molar-refractivity contribution in [3.05, 3.63) is 107 Å². The number of thiocarbonyl (C=S) groups is 1. The molecule has 0 aliphatic carbocycles. The molecule has 6 heteroatoms. The second-order valence-corrected chi connectivity index (χ2v) is 8.36. The smallest absolute Gasteiger partial charge is 0.174 e. The molecule has 0 unspecified atom stereocenters. The number of hydrogen-bond donors (Lipinski definition) is 1. The van der Waals surface area contributed by atoms with Crippen LogP contribution in [0.2, 0.25) is 0 Å². The molecule has 1 fully saturated rings. The van der Waals surface area contributed by atoms with E-state index in [-0.39, 0.29) is 17.9 Å². The second-order valence-electron chi connectivity index (χ2n) is 7.97. The summed E-state index contributed by atoms with van der Waals surface area (Å²) in [6, 6.07) is 21.9. The van der Waals surface area contributed by atoms with Crippen molar-refractivity contribution in [2.75, 3.05) is 4.90 Å². The maximum absolute atomic E-state index is 13.4. The van der Waals surface area contributed by atoms with Crippen LogP contribution in [-0.4, -0.2) is 10.1 Å². The van der Waals surface area contributed by atoms with E-state index in [9.17, 15) is 4.39 Å². The highest BCUT2D eigenvalue weighted by Crippen LogP contribution is 2.43. The Morgan fingerprint density at radius 2 is 1.78 bits per heavy atom. The molecule has 0 bridgehead atoms. The zero-order valence-electron chi connectivity index (χ0n) is 17.7. The standard InChI is InChI=1S/C26H22FN3OS/c1-16-6-11-20(15-17(16)2)30-25(24(29-26(30)32)21-5-3-4-14-28-21)23-13-12-22(31-23)18-7-9-19(27)10-8-18/h3-15,24-25H,1-2H3,(H,29,32)/t24-,25-/m0/s1. The van der Waals surface area contributed by atoms with Gasteiger partial charge in [-0.3, -0.25) is 4.98 Å². The highest BCUT2D eigenvalue weighted by molar-refractivity contribution is 7.80. The van der Waals surface area contributed by atoms with E-state index in [4.69, 9.17) is 16.6 Å². The lowest BCUT2D eigenvalue weighted by Crippen LogP contribution is -2.29. The van der Waals surface area contributed by atoms with E-state index in [1.54, 1.807) is 18.3 Å². The summed E-state index contributed by atoms with van der Waals surface area (Å²) in [5.41, 5.74) is 5.11. The number of rotatable bonds is 4. The van der Waals surface area contributed by atoms with Crippen molar-refractivity contribution in [1.29, 1.82) is 0 Å². The van der Waals surface area contributed by atoms with Gasteiger partial charge in [-0.1, -0.05) is 12.1 Å². The van der Waals surface area contributed by atoms with Gasteiger partial charge in [-0.2, -0.15) is 0 Å². The molecule has 1 N–H and O–H groups in total. The lowest BCUT2D eigenvalue weighted by Gasteiger charge is -2.26. The Morgan fingerprint density at radius 3 is 2.50 bits per heavy atom. The fourth-order valence-electron chi connectivity index (χ4n) is 4.08. The van der Waals surface area contributed by atoms with E-state index < -0.39 is 0 Å². The monoisotopic (exact) mass is 443 g/mol. The molecule has 160 valence electrons. The van der Waals surface area contributed by atoms with Crippen molar-refractivity contribution >= 4 is 23.0 Å². The number of pyridine rings is 1. The van der Waals surface area contributed by atoms with Crippen LogP contribution in [0, 0.1) is 19.7 Å². The molecule has 4 aromatic rings. The molecule has 0 radical (unpaired) electrons. The topological polar surface area (TPSA) is 41.3 Å². The lowest BCUT2D eigenvalue weighted by molar-refractivity contribution is 0.439. The summed E-state index contributed by atoms with van der Waals surface area (Å²) in [6.07, 6.45) is 1.78. The van der Waals surface area contributed by atoms with Crippen molar-refractivity contribution in [3.63, 3.8) is 0 Å². The minimum atomic E-state index is -0.276. The number of anilines is 1. The van der Waals surface area contributed by atoms with Crippen molar-refractivity contribution in [3.8, 4) is 11.3 Å². The first-order valence-corrected chi connectivity index (χ1v) is 10.9. The maximum atomic E-state index is 13.4. The minimum Gasteiger partial charge on any atom is -0.459 e. The molecule has 2 atom stereocenters. The zero-order chi connectivity index (χ0) is 22.2. The van der Waals surface area contributed by atoms with Crippen LogP contribution >= 0.6 is 12.2 Å². The third-order valence-corrected chi connectivity index (χ3v) is 6.23. The third-order valence-electron chi connectivity index (χ3n) is 5.91. The number of nitrogens with zero attached hydrogens (tertiary/aromatic N) is 2. The lowest BCUT2D eigenvalue weighted by atomic mass is 10.0. The molecular weight excluding hydrogens is 421 g/mol. The van der Waals surface area contributed by atoms with Gasteiger partial charge >= 0.3 is 0 Å². The number of aryl methyl sites for hydroxylation is 2. The minimum absolute atomic E-state index is 0.183. The maximum Gasteiger partial charge on any atom is 0.174 e. The summed E-state index contributed by atoms with van der Waals surface area (Å²) < 4.78 is 19.7. The van der Waals surface area contributed by atoms with E-state index in [0.717, 1.165) is 22.7 Å². The van der Waals surface area contributed by atoms with Crippen LogP contribution in [0.15, 0.2) is 83.4 Å². The van der Waals surface area contributed by atoms with Gasteiger partial charge in [-0.25, -0.2) is 4.39 Å². The van der Waals surface area contributed by atoms with Gasteiger partial charge in [0.25, 0.3) is 0 Å². The molecule has 1 aliphatic heterocycles. The first-order chi connectivity index (χ1) is 15.5. The van der Waals surface area contributed by atoms with Gasteiger partial charge in [0.05, 0.1) is 11.7 Å². The zero-order valence-corrected chi connectivity index (χ0v) is 18.6. The number of aromatic nitrogens is 1. The molecule has 5 rings (SSSR count). The fourth-order valence-corrected chi connectivity index (χ4v) is 4.42. The molecule has 2 aromatic heterocycles. The molecule has 3 heterocycles. The normalized spacial score (nSPS) is 18.1. The van der Waals surface area contributed by atoms with Crippen molar-refractivity contribution in [2.45, 2.75) is 25.9 Å². The number of furan rings is 1. The Kier molecular flexibility index (Phi) is 5.23. The number of halogens is 1. The average molecular weight is 444 g/mol. The second kappa shape index (κ2) is 8.20. The van der Waals surface area contributed by atoms with E-state index in [0.29, 0.717) is 10.9 Å². The summed E-state index contributed by atoms with van der Waals surface area (Å²) in [6.45, 7) is 4.19. The fraction of sp³-hybridized carbons (Fsp3) is 0.154. The third kappa shape index (κ3) is 3.67. The first-order valence-electron chi connectivity index (χ1n) is 10.4. The van der Waals surface area contributed by atoms with E-state index in [2.05, 4.69) is 47.2 Å². The Labute approximate surface area is 191 Å². The molecule has 2 aromatic carbocycles. The van der Waals surface area contributed by atoms with E-state index >= 15 is 0 Å². The molecular formula is C26H22FN3OS. The average Bonchev–Trinajstić information content (AvgIpc) is 3.41. The highest BCUT2D eigenvalue weighted by Gasteiger charge is 2.42. The Hall–Kier alpha value is -3.51. The molecule has 1 aliphatic rings. The predicted octanol–water partition coefficient (Wildman–Crippen LogP) is 6.27. The molecule has 1 saturated heterocycles. The summed E-state index contributed by atoms with van der Waals surface area (Å²) in [5.74, 6) is 1.16. The highest BCUT2D eigenvalue weighted by atomic mass is 32.1. The molecule has 0 spiro atoms. The quantitative estimate of drug-likeness (QED) is 0.376. The Balaban J connectivity index is 1.60. The van der Waals surface area contributed by atoms with Crippen molar-refractivity contribution in [2.24, 2.45) is 0 Å².